The van der Waals surface area contributed by atoms with Gasteiger partial charge in [-0.05, 0) is 56.8 Å². The number of aryl methyl sites for hydroxylation is 1. The Labute approximate surface area is 133 Å². The number of nitrogens with zero attached hydrogens (tertiary/aromatic N) is 1. The lowest BCUT2D eigenvalue weighted by Gasteiger charge is -2.33. The highest BCUT2D eigenvalue weighted by Crippen LogP contribution is 2.40. The molecule has 0 atom stereocenters. The molecule has 0 aromatic heterocycles. The molecule has 4 nitrogen and oxygen atoms in total. The zero-order valence-electron chi connectivity index (χ0n) is 12.3. The predicted molar refractivity (Wildman–Crippen MR) is 86.3 cm³/mol. The van der Waals surface area contributed by atoms with Gasteiger partial charge in [0, 0.05) is 13.1 Å². The summed E-state index contributed by atoms with van der Waals surface area (Å²) in [6.45, 7) is 5.34. The summed E-state index contributed by atoms with van der Waals surface area (Å²) in [5.74, 6) is 0. The number of piperidine rings is 1. The van der Waals surface area contributed by atoms with Gasteiger partial charge in [0.25, 0.3) is 0 Å². The van der Waals surface area contributed by atoms with E-state index in [1.807, 2.05) is 19.1 Å². The average molecular weight is 331 g/mol. The topological polar surface area (TPSA) is 49.4 Å². The first-order valence-electron chi connectivity index (χ1n) is 7.30. The second-order valence-electron chi connectivity index (χ2n) is 6.15. The van der Waals surface area contributed by atoms with Gasteiger partial charge in [-0.3, -0.25) is 0 Å². The largest absolute Gasteiger partial charge is 0.317 e. The molecule has 21 heavy (non-hydrogen) atoms. The molecule has 0 unspecified atom stereocenters. The molecule has 1 N–H and O–H groups in total. The number of rotatable bonds is 2. The third-order valence-corrected chi connectivity index (χ3v) is 6.59. The van der Waals surface area contributed by atoms with Crippen LogP contribution in [-0.2, 0) is 10.0 Å². The van der Waals surface area contributed by atoms with Crippen LogP contribution in [0.15, 0.2) is 29.2 Å². The van der Waals surface area contributed by atoms with Crippen LogP contribution in [-0.4, -0.2) is 38.9 Å². The van der Waals surface area contributed by atoms with Crippen molar-refractivity contribution in [2.24, 2.45) is 5.41 Å². The molecule has 2 saturated heterocycles. The van der Waals surface area contributed by atoms with Crippen LogP contribution in [0.3, 0.4) is 0 Å². The first-order chi connectivity index (χ1) is 9.52. The lowest BCUT2D eigenvalue weighted by molar-refractivity contribution is 0.218. The molecule has 0 aliphatic carbocycles. The summed E-state index contributed by atoms with van der Waals surface area (Å²) in [6.07, 6.45) is 3.18. The Kier molecular flexibility index (Phi) is 4.98. The van der Waals surface area contributed by atoms with E-state index in [9.17, 15) is 8.42 Å². The van der Waals surface area contributed by atoms with Crippen LogP contribution in [0.1, 0.15) is 24.8 Å². The molecule has 2 aliphatic heterocycles. The first-order valence-corrected chi connectivity index (χ1v) is 8.74. The van der Waals surface area contributed by atoms with Gasteiger partial charge in [-0.15, -0.1) is 12.4 Å². The van der Waals surface area contributed by atoms with Gasteiger partial charge in [0.05, 0.1) is 4.90 Å². The van der Waals surface area contributed by atoms with Crippen molar-refractivity contribution in [2.75, 3.05) is 26.2 Å². The second kappa shape index (κ2) is 6.24. The van der Waals surface area contributed by atoms with Crippen LogP contribution in [0, 0.1) is 12.3 Å². The zero-order chi connectivity index (χ0) is 14.2. The molecule has 0 bridgehead atoms. The first kappa shape index (κ1) is 16.7. The Morgan fingerprint density at radius 1 is 1.10 bits per heavy atom. The van der Waals surface area contributed by atoms with Crippen molar-refractivity contribution in [2.45, 2.75) is 31.1 Å². The van der Waals surface area contributed by atoms with Gasteiger partial charge in [-0.25, -0.2) is 8.42 Å². The van der Waals surface area contributed by atoms with E-state index in [0.717, 1.165) is 37.9 Å². The molecule has 0 radical (unpaired) electrons. The third-order valence-electron chi connectivity index (χ3n) is 4.73. The van der Waals surface area contributed by atoms with Gasteiger partial charge in [0.15, 0.2) is 0 Å². The fraction of sp³-hybridized carbons (Fsp3) is 0.600. The number of benzene rings is 1. The lowest BCUT2D eigenvalue weighted by atomic mass is 9.78. The molecule has 0 saturated carbocycles. The van der Waals surface area contributed by atoms with Gasteiger partial charge in [0.2, 0.25) is 10.0 Å². The summed E-state index contributed by atoms with van der Waals surface area (Å²) < 4.78 is 27.0. The van der Waals surface area contributed by atoms with E-state index in [0.29, 0.717) is 18.0 Å². The van der Waals surface area contributed by atoms with E-state index in [2.05, 4.69) is 5.32 Å². The second-order valence-corrected chi connectivity index (χ2v) is 8.09. The highest BCUT2D eigenvalue weighted by atomic mass is 35.5. The van der Waals surface area contributed by atoms with E-state index in [4.69, 9.17) is 0 Å². The zero-order valence-corrected chi connectivity index (χ0v) is 14.0. The van der Waals surface area contributed by atoms with Crippen molar-refractivity contribution >= 4 is 22.4 Å². The SMILES string of the molecule is Cc1ccc(S(=O)(=O)N2CCC3(CCNCC3)C2)cc1.Cl. The van der Waals surface area contributed by atoms with E-state index in [1.54, 1.807) is 16.4 Å². The summed E-state index contributed by atoms with van der Waals surface area (Å²) in [7, 11) is -3.32. The van der Waals surface area contributed by atoms with E-state index < -0.39 is 10.0 Å². The van der Waals surface area contributed by atoms with Crippen molar-refractivity contribution < 1.29 is 8.42 Å². The van der Waals surface area contributed by atoms with Crippen LogP contribution in [0.5, 0.6) is 0 Å². The Morgan fingerprint density at radius 2 is 1.71 bits per heavy atom. The fourth-order valence-corrected chi connectivity index (χ4v) is 4.88. The summed E-state index contributed by atoms with van der Waals surface area (Å²) in [6, 6.07) is 7.17. The fourth-order valence-electron chi connectivity index (χ4n) is 3.32. The predicted octanol–water partition coefficient (Wildman–Crippen LogP) is 2.18. The van der Waals surface area contributed by atoms with Crippen LogP contribution < -0.4 is 5.32 Å². The molecule has 1 spiro atoms. The smallest absolute Gasteiger partial charge is 0.243 e. The maximum Gasteiger partial charge on any atom is 0.243 e. The molecular weight excluding hydrogens is 308 g/mol. The molecule has 6 heteroatoms. The van der Waals surface area contributed by atoms with E-state index in [1.165, 1.54) is 0 Å². The minimum Gasteiger partial charge on any atom is -0.317 e. The molecule has 2 heterocycles. The standard InChI is InChI=1S/C15H22N2O2S.ClH/c1-13-2-4-14(5-3-13)20(18,19)17-11-8-15(12-17)6-9-16-10-7-15;/h2-5,16H,6-12H2,1H3;1H. The lowest BCUT2D eigenvalue weighted by Crippen LogP contribution is -2.39. The van der Waals surface area contributed by atoms with Crippen molar-refractivity contribution in [3.63, 3.8) is 0 Å². The van der Waals surface area contributed by atoms with Crippen molar-refractivity contribution in [1.82, 2.24) is 9.62 Å². The average Bonchev–Trinajstić information content (AvgIpc) is 2.85. The van der Waals surface area contributed by atoms with Crippen LogP contribution in [0.4, 0.5) is 0 Å². The van der Waals surface area contributed by atoms with Gasteiger partial charge >= 0.3 is 0 Å². The highest BCUT2D eigenvalue weighted by Gasteiger charge is 2.43. The molecule has 3 rings (SSSR count). The summed E-state index contributed by atoms with van der Waals surface area (Å²) in [5, 5.41) is 3.36. The number of sulfonamides is 1. The maximum atomic E-state index is 12.7. The number of hydrogen-bond donors (Lipinski definition) is 1. The third kappa shape index (κ3) is 3.26. The summed E-state index contributed by atoms with van der Waals surface area (Å²) >= 11 is 0. The van der Waals surface area contributed by atoms with Gasteiger partial charge in [0.1, 0.15) is 0 Å². The monoisotopic (exact) mass is 330 g/mol. The molecule has 0 amide bonds. The Morgan fingerprint density at radius 3 is 2.33 bits per heavy atom. The minimum atomic E-state index is -3.32. The summed E-state index contributed by atoms with van der Waals surface area (Å²) in [5.41, 5.74) is 1.29. The number of hydrogen-bond acceptors (Lipinski definition) is 3. The van der Waals surface area contributed by atoms with Gasteiger partial charge in [-0.2, -0.15) is 4.31 Å². The maximum absolute atomic E-state index is 12.7. The minimum absolute atomic E-state index is 0. The molecule has 1 aromatic carbocycles. The van der Waals surface area contributed by atoms with Crippen LogP contribution in [0.25, 0.3) is 0 Å². The Balaban J connectivity index is 0.00000161. The van der Waals surface area contributed by atoms with Crippen molar-refractivity contribution in [3.8, 4) is 0 Å². The number of nitrogens with one attached hydrogen (secondary N) is 1. The molecular formula is C15H23ClN2O2S. The highest BCUT2D eigenvalue weighted by molar-refractivity contribution is 7.89. The van der Waals surface area contributed by atoms with Crippen molar-refractivity contribution in [1.29, 1.82) is 0 Å². The molecule has 118 valence electrons. The Bertz CT molecular complexity index is 580. The van der Waals surface area contributed by atoms with Crippen molar-refractivity contribution in [3.05, 3.63) is 29.8 Å². The quantitative estimate of drug-likeness (QED) is 0.904. The van der Waals surface area contributed by atoms with E-state index in [-0.39, 0.29) is 17.8 Å². The van der Waals surface area contributed by atoms with E-state index >= 15 is 0 Å². The normalized spacial score (nSPS) is 22.1. The Hall–Kier alpha value is -0.620. The molecule has 2 fully saturated rings. The molecule has 2 aliphatic rings. The van der Waals surface area contributed by atoms with Gasteiger partial charge in [-0.1, -0.05) is 17.7 Å². The van der Waals surface area contributed by atoms with Gasteiger partial charge < -0.3 is 5.32 Å². The van der Waals surface area contributed by atoms with Crippen LogP contribution >= 0.6 is 12.4 Å². The summed E-state index contributed by atoms with van der Waals surface area (Å²) in [4.78, 5) is 0.425. The number of halogens is 1. The van der Waals surface area contributed by atoms with Crippen LogP contribution in [0.2, 0.25) is 0 Å². The molecule has 1 aromatic rings.